The molecular formula is C20H23F3NO3P. The second kappa shape index (κ2) is 8.27. The molecule has 0 fully saturated rings. The molecule has 152 valence electrons. The Kier molecular flexibility index (Phi) is 6.18. The molecule has 1 aliphatic heterocycles. The van der Waals surface area contributed by atoms with Crippen LogP contribution in [0.4, 0.5) is 18.9 Å². The van der Waals surface area contributed by atoms with Crippen molar-refractivity contribution in [1.82, 2.24) is 0 Å². The van der Waals surface area contributed by atoms with Crippen molar-refractivity contribution in [2.75, 3.05) is 24.7 Å². The summed E-state index contributed by atoms with van der Waals surface area (Å²) in [6, 6.07) is 12.5. The standard InChI is InChI=1S/C20H23F3NO3P/c1-3-26-28(25,27-4-2)19-18-8-6-5-7-15(18)13-14-24(19)17-11-9-16(10-12-17)20(21,22)23/h5-12,19H,3-4,13-14H2,1-2H3. The number of anilines is 1. The van der Waals surface area contributed by atoms with Gasteiger partial charge in [-0.3, -0.25) is 4.57 Å². The number of alkyl halides is 3. The molecule has 0 N–H and O–H groups in total. The van der Waals surface area contributed by atoms with E-state index >= 15 is 0 Å². The lowest BCUT2D eigenvalue weighted by atomic mass is 9.99. The highest BCUT2D eigenvalue weighted by molar-refractivity contribution is 7.54. The zero-order valence-corrected chi connectivity index (χ0v) is 16.7. The number of fused-ring (bicyclic) bond motifs is 1. The Bertz CT molecular complexity index is 845. The maximum atomic E-state index is 13.7. The summed E-state index contributed by atoms with van der Waals surface area (Å²) in [5.74, 6) is -0.714. The molecule has 1 unspecified atom stereocenters. The van der Waals surface area contributed by atoms with Gasteiger partial charge in [-0.15, -0.1) is 0 Å². The maximum absolute atomic E-state index is 13.7. The van der Waals surface area contributed by atoms with E-state index in [0.29, 0.717) is 18.7 Å². The molecule has 1 heterocycles. The summed E-state index contributed by atoms with van der Waals surface area (Å²) >= 11 is 0. The van der Waals surface area contributed by atoms with E-state index in [-0.39, 0.29) is 13.2 Å². The molecule has 28 heavy (non-hydrogen) atoms. The third-order valence-electron chi connectivity index (χ3n) is 4.69. The molecule has 1 aliphatic rings. The highest BCUT2D eigenvalue weighted by atomic mass is 31.2. The molecule has 0 aromatic heterocycles. The summed E-state index contributed by atoms with van der Waals surface area (Å²) in [6.45, 7) is 4.39. The number of rotatable bonds is 6. The molecule has 2 aromatic rings. The minimum atomic E-state index is -4.40. The van der Waals surface area contributed by atoms with Crippen LogP contribution in [-0.2, 0) is 26.2 Å². The van der Waals surface area contributed by atoms with Crippen molar-refractivity contribution in [1.29, 1.82) is 0 Å². The fraction of sp³-hybridized carbons (Fsp3) is 0.400. The second-order valence-electron chi connectivity index (χ2n) is 6.44. The van der Waals surface area contributed by atoms with Gasteiger partial charge in [0.25, 0.3) is 0 Å². The van der Waals surface area contributed by atoms with Gasteiger partial charge >= 0.3 is 13.8 Å². The predicted octanol–water partition coefficient (Wildman–Crippen LogP) is 6.03. The van der Waals surface area contributed by atoms with Crippen LogP contribution in [-0.4, -0.2) is 19.8 Å². The van der Waals surface area contributed by atoms with Gasteiger partial charge in [0.1, 0.15) is 0 Å². The molecule has 0 spiro atoms. The summed E-state index contributed by atoms with van der Waals surface area (Å²) in [4.78, 5) is 1.83. The fourth-order valence-electron chi connectivity index (χ4n) is 3.54. The van der Waals surface area contributed by atoms with E-state index in [1.165, 1.54) is 12.1 Å². The van der Waals surface area contributed by atoms with Crippen molar-refractivity contribution < 1.29 is 26.8 Å². The highest BCUT2D eigenvalue weighted by Gasteiger charge is 2.44. The zero-order valence-electron chi connectivity index (χ0n) is 15.8. The molecule has 3 rings (SSSR count). The Morgan fingerprint density at radius 2 is 1.64 bits per heavy atom. The van der Waals surface area contributed by atoms with Crippen LogP contribution in [0.1, 0.15) is 36.3 Å². The van der Waals surface area contributed by atoms with Crippen LogP contribution in [0.25, 0.3) is 0 Å². The van der Waals surface area contributed by atoms with Gasteiger partial charge in [0, 0.05) is 12.2 Å². The number of hydrogen-bond donors (Lipinski definition) is 0. The first-order valence-corrected chi connectivity index (χ1v) is 10.8. The van der Waals surface area contributed by atoms with Crippen LogP contribution in [0.5, 0.6) is 0 Å². The SMILES string of the molecule is CCOP(=O)(OCC)C1c2ccccc2CCN1c1ccc(C(F)(F)F)cc1. The third-order valence-corrected chi connectivity index (χ3v) is 7.09. The topological polar surface area (TPSA) is 38.8 Å². The first-order chi connectivity index (χ1) is 13.3. The number of hydrogen-bond acceptors (Lipinski definition) is 4. The van der Waals surface area contributed by atoms with E-state index in [0.717, 1.165) is 23.3 Å². The molecular weight excluding hydrogens is 390 g/mol. The van der Waals surface area contributed by atoms with Crippen molar-refractivity contribution in [3.05, 3.63) is 65.2 Å². The molecule has 0 saturated heterocycles. The predicted molar refractivity (Wildman–Crippen MR) is 103 cm³/mol. The highest BCUT2D eigenvalue weighted by Crippen LogP contribution is 2.64. The maximum Gasteiger partial charge on any atom is 0.416 e. The molecule has 1 atom stereocenters. The summed E-state index contributed by atoms with van der Waals surface area (Å²) in [5, 5.41) is 0. The van der Waals surface area contributed by atoms with E-state index in [2.05, 4.69) is 0 Å². The molecule has 2 aromatic carbocycles. The summed E-state index contributed by atoms with van der Waals surface area (Å²) in [6.07, 6.45) is -3.72. The van der Waals surface area contributed by atoms with Crippen molar-refractivity contribution in [3.8, 4) is 0 Å². The quantitative estimate of drug-likeness (QED) is 0.542. The van der Waals surface area contributed by atoms with Crippen LogP contribution in [0.15, 0.2) is 48.5 Å². The van der Waals surface area contributed by atoms with Gasteiger partial charge < -0.3 is 13.9 Å². The molecule has 0 bridgehead atoms. The monoisotopic (exact) mass is 413 g/mol. The Labute approximate surface area is 162 Å². The molecule has 0 radical (unpaired) electrons. The van der Waals surface area contributed by atoms with Gasteiger partial charge in [0.05, 0.1) is 18.8 Å². The molecule has 8 heteroatoms. The lowest BCUT2D eigenvalue weighted by Crippen LogP contribution is -2.36. The van der Waals surface area contributed by atoms with E-state index < -0.39 is 25.1 Å². The molecule has 0 aliphatic carbocycles. The third kappa shape index (κ3) is 4.12. The van der Waals surface area contributed by atoms with Gasteiger partial charge in [-0.2, -0.15) is 13.2 Å². The van der Waals surface area contributed by atoms with Gasteiger partial charge in [0.15, 0.2) is 5.78 Å². The molecule has 0 amide bonds. The minimum Gasteiger partial charge on any atom is -0.353 e. The van der Waals surface area contributed by atoms with Gasteiger partial charge in [-0.25, -0.2) is 0 Å². The van der Waals surface area contributed by atoms with E-state index in [4.69, 9.17) is 9.05 Å². The normalized spacial score (nSPS) is 17.5. The van der Waals surface area contributed by atoms with E-state index in [1.807, 2.05) is 29.2 Å². The van der Waals surface area contributed by atoms with Gasteiger partial charge in [0.2, 0.25) is 0 Å². The van der Waals surface area contributed by atoms with Crippen LogP contribution >= 0.6 is 7.60 Å². The van der Waals surface area contributed by atoms with E-state index in [9.17, 15) is 17.7 Å². The summed E-state index contributed by atoms with van der Waals surface area (Å²) < 4.78 is 63.7. The lowest BCUT2D eigenvalue weighted by molar-refractivity contribution is -0.137. The molecule has 4 nitrogen and oxygen atoms in total. The van der Waals surface area contributed by atoms with Crippen molar-refractivity contribution in [2.45, 2.75) is 32.2 Å². The van der Waals surface area contributed by atoms with Crippen LogP contribution in [0.3, 0.4) is 0 Å². The van der Waals surface area contributed by atoms with E-state index in [1.54, 1.807) is 13.8 Å². The van der Waals surface area contributed by atoms with Gasteiger partial charge in [-0.05, 0) is 55.7 Å². The minimum absolute atomic E-state index is 0.205. The Morgan fingerprint density at radius 3 is 2.21 bits per heavy atom. The van der Waals surface area contributed by atoms with Crippen molar-refractivity contribution in [3.63, 3.8) is 0 Å². The average Bonchev–Trinajstić information content (AvgIpc) is 2.67. The van der Waals surface area contributed by atoms with Crippen molar-refractivity contribution >= 4 is 13.3 Å². The summed E-state index contributed by atoms with van der Waals surface area (Å²) in [5.41, 5.74) is 1.68. The van der Waals surface area contributed by atoms with Gasteiger partial charge in [-0.1, -0.05) is 24.3 Å². The number of benzene rings is 2. The lowest BCUT2D eigenvalue weighted by Gasteiger charge is -2.41. The average molecular weight is 413 g/mol. The Balaban J connectivity index is 2.07. The summed E-state index contributed by atoms with van der Waals surface area (Å²) in [7, 11) is -3.59. The first kappa shape index (κ1) is 20.9. The number of nitrogens with zero attached hydrogens (tertiary/aromatic N) is 1. The Morgan fingerprint density at radius 1 is 1.04 bits per heavy atom. The Hall–Kier alpha value is -1.82. The zero-order chi connectivity index (χ0) is 20.4. The smallest absolute Gasteiger partial charge is 0.353 e. The van der Waals surface area contributed by atoms with Crippen LogP contribution in [0, 0.1) is 0 Å². The van der Waals surface area contributed by atoms with Crippen LogP contribution in [0.2, 0.25) is 0 Å². The molecule has 0 saturated carbocycles. The second-order valence-corrected chi connectivity index (χ2v) is 8.52. The first-order valence-electron chi connectivity index (χ1n) is 9.20. The fourth-order valence-corrected chi connectivity index (χ4v) is 5.80. The largest absolute Gasteiger partial charge is 0.416 e. The van der Waals surface area contributed by atoms with Crippen molar-refractivity contribution in [2.24, 2.45) is 0 Å². The van der Waals surface area contributed by atoms with Crippen LogP contribution < -0.4 is 4.90 Å². The number of halogens is 3.